The van der Waals surface area contributed by atoms with Crippen molar-refractivity contribution in [1.82, 2.24) is 42.1 Å². The van der Waals surface area contributed by atoms with Gasteiger partial charge in [0.25, 0.3) is 0 Å². The third-order valence-electron chi connectivity index (χ3n) is 11.2. The largest absolute Gasteiger partial charge is 0.508 e. The van der Waals surface area contributed by atoms with E-state index in [9.17, 15) is 57.8 Å². The van der Waals surface area contributed by atoms with Gasteiger partial charge in [0.1, 0.15) is 48.0 Å². The van der Waals surface area contributed by atoms with Crippen LogP contribution in [0.3, 0.4) is 0 Å². The van der Waals surface area contributed by atoms with Crippen LogP contribution in [-0.4, -0.2) is 154 Å². The van der Waals surface area contributed by atoms with E-state index in [0.29, 0.717) is 16.9 Å². The minimum atomic E-state index is -1.76. The maximum absolute atomic E-state index is 14.5. The van der Waals surface area contributed by atoms with Crippen LogP contribution in [0.1, 0.15) is 61.8 Å². The van der Waals surface area contributed by atoms with E-state index in [1.165, 1.54) is 28.4 Å². The average molecular weight is 1080 g/mol. The van der Waals surface area contributed by atoms with E-state index in [0.717, 1.165) is 21.6 Å². The van der Waals surface area contributed by atoms with Gasteiger partial charge in [0.05, 0.1) is 13.0 Å². The number of likely N-dealkylation sites (tertiary alicyclic amines) is 1. The van der Waals surface area contributed by atoms with Crippen LogP contribution in [0, 0.1) is 0 Å². The third kappa shape index (κ3) is 20.1. The Hall–Kier alpha value is -7.14. The van der Waals surface area contributed by atoms with Crippen LogP contribution in [0.4, 0.5) is 0 Å². The van der Waals surface area contributed by atoms with Crippen LogP contribution in [0.2, 0.25) is 0 Å². The van der Waals surface area contributed by atoms with Gasteiger partial charge in [-0.15, -0.1) is 11.3 Å². The molecule has 0 spiro atoms. The molecular weight excluding hydrogens is 1010 g/mol. The van der Waals surface area contributed by atoms with Gasteiger partial charge in [0.15, 0.2) is 5.96 Å². The van der Waals surface area contributed by atoms with Gasteiger partial charge in [-0.3, -0.25) is 57.7 Å². The zero-order chi connectivity index (χ0) is 53.6. The zero-order valence-corrected chi connectivity index (χ0v) is 42.1. The van der Waals surface area contributed by atoms with E-state index in [-0.39, 0.29) is 74.8 Å². The molecule has 2 saturated heterocycles. The van der Waals surface area contributed by atoms with E-state index in [2.05, 4.69) is 42.2 Å². The Morgan fingerprint density at radius 3 is 2.08 bits per heavy atom. The first kappa shape index (κ1) is 58.4. The molecule has 0 unspecified atom stereocenters. The Balaban J connectivity index is 1.67. The standard InChI is InChI=1S/C44H62N14O12S3/c45-33(60)12-11-27-38(65)56-30(20-34(46)61)41(68)57-31(43(70)58-15-2-6-32(58)42(69)54-26(5-1-14-50-44(48)49)37(64)51-21-35(47)62)22-73-72-17-13-36(63)52-28(18-23-7-9-24(59)10-8-23)39(66)55-29(40(67)53-27)19-25-4-3-16-71-25/h3-4,7-10,16,26-32,59H,1-2,5-6,11-15,17-22H2,(H2,45,60)(H2,46,61)(H2,47,62)(H,51,64)(H,52,63)(H,53,67)(H,54,69)(H,55,66)(H,56,65)(H,57,68)(H4,48,49,50)/t26-,27-,28-,29-,30-,31-,32-/m0/s1. The number of rotatable bonds is 19. The van der Waals surface area contributed by atoms with Gasteiger partial charge in [0.2, 0.25) is 65.0 Å². The lowest BCUT2D eigenvalue weighted by Crippen LogP contribution is -2.61. The number of nitrogens with one attached hydrogen (secondary N) is 7. The Kier molecular flexibility index (Phi) is 23.5. The molecule has 26 nitrogen and oxygen atoms in total. The summed E-state index contributed by atoms with van der Waals surface area (Å²) in [5.41, 5.74) is 27.5. The van der Waals surface area contributed by atoms with Crippen molar-refractivity contribution in [2.75, 3.05) is 31.1 Å². The van der Waals surface area contributed by atoms with Crippen molar-refractivity contribution < 1.29 is 57.8 Å². The molecule has 1 aromatic carbocycles. The van der Waals surface area contributed by atoms with E-state index in [1.54, 1.807) is 29.6 Å². The summed E-state index contributed by atoms with van der Waals surface area (Å²) in [6.07, 6.45) is -1.26. The molecule has 18 N–H and O–H groups in total. The summed E-state index contributed by atoms with van der Waals surface area (Å²) in [6.45, 7) is -0.397. The lowest BCUT2D eigenvalue weighted by atomic mass is 10.0. The SMILES string of the molecule is NC(=O)CC[C@@H]1NC(=O)[C@H](Cc2cccs2)NC(=O)[C@H](Cc2ccc(O)cc2)NC(=O)CCSSC[C@@H](C(=O)N2CCC[C@H]2C(=O)N[C@@H](CCCN=C(N)N)C(=O)NCC(N)=O)NC(=O)[C@H](CC(N)=O)NC1=O. The third-order valence-corrected chi connectivity index (χ3v) is 14.5. The van der Waals surface area contributed by atoms with Crippen LogP contribution in [0.25, 0.3) is 0 Å². The highest BCUT2D eigenvalue weighted by Crippen LogP contribution is 2.26. The summed E-state index contributed by atoms with van der Waals surface area (Å²) in [5, 5.41) is 29.5. The second-order valence-electron chi connectivity index (χ2n) is 16.9. The smallest absolute Gasteiger partial charge is 0.246 e. The molecule has 1 aromatic heterocycles. The second kappa shape index (κ2) is 29.4. The molecule has 3 heterocycles. The second-order valence-corrected chi connectivity index (χ2v) is 20.6. The molecule has 4 rings (SSSR count). The van der Waals surface area contributed by atoms with Crippen molar-refractivity contribution in [3.05, 3.63) is 52.2 Å². The van der Waals surface area contributed by atoms with E-state index < -0.39 is 133 Å². The predicted molar refractivity (Wildman–Crippen MR) is 270 cm³/mol. The number of guanidine groups is 1. The molecule has 2 aromatic rings. The number of hydrogen-bond donors (Lipinski definition) is 13. The molecule has 0 aliphatic carbocycles. The fraction of sp³-hybridized carbons (Fsp3) is 0.500. The first-order valence-corrected chi connectivity index (χ1v) is 26.4. The van der Waals surface area contributed by atoms with Crippen LogP contribution >= 0.6 is 32.9 Å². The molecule has 0 radical (unpaired) electrons. The molecule has 29 heteroatoms. The Morgan fingerprint density at radius 1 is 0.781 bits per heavy atom. The molecule has 7 atom stereocenters. The Bertz CT molecular complexity index is 2340. The summed E-state index contributed by atoms with van der Waals surface area (Å²) >= 11 is 1.27. The van der Waals surface area contributed by atoms with Gasteiger partial charge in [0, 0.05) is 55.2 Å². The zero-order valence-electron chi connectivity index (χ0n) is 39.6. The monoisotopic (exact) mass is 1070 g/mol. The molecule has 2 aliphatic heterocycles. The molecular formula is C44H62N14O12S3. The number of aliphatic imine (C=N–C) groups is 1. The van der Waals surface area contributed by atoms with Gasteiger partial charge in [-0.25, -0.2) is 0 Å². The topological polar surface area (TPSA) is 438 Å². The number of primary amides is 3. The number of thiophene rings is 1. The minimum Gasteiger partial charge on any atom is -0.508 e. The summed E-state index contributed by atoms with van der Waals surface area (Å²) in [5.74, 6) is -9.69. The fourth-order valence-electron chi connectivity index (χ4n) is 7.56. The van der Waals surface area contributed by atoms with Crippen molar-refractivity contribution in [2.24, 2.45) is 33.7 Å². The molecule has 0 bridgehead atoms. The van der Waals surface area contributed by atoms with E-state index >= 15 is 0 Å². The lowest BCUT2D eigenvalue weighted by molar-refractivity contribution is -0.142. The van der Waals surface area contributed by atoms with Crippen molar-refractivity contribution in [1.29, 1.82) is 0 Å². The lowest BCUT2D eigenvalue weighted by Gasteiger charge is -2.31. The summed E-state index contributed by atoms with van der Waals surface area (Å²) in [4.78, 5) is 153. The number of carbonyl (C=O) groups excluding carboxylic acids is 11. The van der Waals surface area contributed by atoms with Crippen molar-refractivity contribution >= 4 is 104 Å². The number of nitrogens with zero attached hydrogens (tertiary/aromatic N) is 2. The number of phenols is 1. The number of phenolic OH excluding ortho intramolecular Hbond substituents is 1. The van der Waals surface area contributed by atoms with Crippen molar-refractivity contribution in [3.63, 3.8) is 0 Å². The molecule has 398 valence electrons. The highest BCUT2D eigenvalue weighted by molar-refractivity contribution is 8.76. The van der Waals surface area contributed by atoms with E-state index in [4.69, 9.17) is 28.7 Å². The van der Waals surface area contributed by atoms with Crippen molar-refractivity contribution in [2.45, 2.75) is 107 Å². The average Bonchev–Trinajstić information content (AvgIpc) is 4.05. The number of hydrogen-bond acceptors (Lipinski definition) is 16. The molecule has 73 heavy (non-hydrogen) atoms. The molecule has 2 aliphatic rings. The quantitative estimate of drug-likeness (QED) is 0.0274. The van der Waals surface area contributed by atoms with Crippen LogP contribution in [0.15, 0.2) is 46.8 Å². The minimum absolute atomic E-state index is 0.0143. The van der Waals surface area contributed by atoms with Gasteiger partial charge in [-0.1, -0.05) is 39.8 Å². The number of nitrogens with two attached hydrogens (primary N) is 5. The van der Waals surface area contributed by atoms with Gasteiger partial charge < -0.3 is 75.9 Å². The van der Waals surface area contributed by atoms with Crippen molar-refractivity contribution in [3.8, 4) is 5.75 Å². The van der Waals surface area contributed by atoms with Gasteiger partial charge in [-0.05, 0) is 61.2 Å². The van der Waals surface area contributed by atoms with Gasteiger partial charge >= 0.3 is 0 Å². The number of carbonyl (C=O) groups is 11. The predicted octanol–water partition coefficient (Wildman–Crippen LogP) is -4.28. The first-order chi connectivity index (χ1) is 34.7. The number of benzene rings is 1. The maximum Gasteiger partial charge on any atom is 0.246 e. The first-order valence-electron chi connectivity index (χ1n) is 23.0. The van der Waals surface area contributed by atoms with E-state index in [1.807, 2.05) is 0 Å². The summed E-state index contributed by atoms with van der Waals surface area (Å²) in [6, 6.07) is -0.499. The Labute approximate surface area is 431 Å². The number of amides is 11. The van der Waals surface area contributed by atoms with Crippen LogP contribution in [0.5, 0.6) is 5.75 Å². The molecule has 0 saturated carbocycles. The molecule has 11 amide bonds. The fourth-order valence-corrected chi connectivity index (χ4v) is 10.5. The highest BCUT2D eigenvalue weighted by atomic mass is 33.1. The molecule has 2 fully saturated rings. The maximum atomic E-state index is 14.5. The highest BCUT2D eigenvalue weighted by Gasteiger charge is 2.40. The van der Waals surface area contributed by atoms with Crippen LogP contribution in [-0.2, 0) is 65.6 Å². The summed E-state index contributed by atoms with van der Waals surface area (Å²) in [7, 11) is 2.19. The number of aromatic hydroxyl groups is 1. The summed E-state index contributed by atoms with van der Waals surface area (Å²) < 4.78 is 0. The van der Waals surface area contributed by atoms with Crippen LogP contribution < -0.4 is 65.9 Å². The van der Waals surface area contributed by atoms with Gasteiger partial charge in [-0.2, -0.15) is 0 Å². The Morgan fingerprint density at radius 2 is 1.44 bits per heavy atom. The normalized spacial score (nSPS) is 21.9.